The second-order valence-electron chi connectivity index (χ2n) is 9.35. The molecule has 0 spiro atoms. The van der Waals surface area contributed by atoms with Gasteiger partial charge in [-0.05, 0) is 51.1 Å². The van der Waals surface area contributed by atoms with Crippen LogP contribution in [-0.2, 0) is 11.3 Å². The van der Waals surface area contributed by atoms with Crippen molar-refractivity contribution in [2.75, 3.05) is 41.4 Å². The number of rotatable bonds is 7. The van der Waals surface area contributed by atoms with Gasteiger partial charge in [0.1, 0.15) is 5.82 Å². The van der Waals surface area contributed by atoms with Gasteiger partial charge in [0.25, 0.3) is 0 Å². The first-order chi connectivity index (χ1) is 15.4. The highest BCUT2D eigenvalue weighted by atomic mass is 16.5. The van der Waals surface area contributed by atoms with Crippen molar-refractivity contribution in [3.63, 3.8) is 0 Å². The number of hydrogen-bond acceptors (Lipinski definition) is 5. The van der Waals surface area contributed by atoms with Gasteiger partial charge in [0.15, 0.2) is 11.5 Å². The number of benzene rings is 1. The zero-order chi connectivity index (χ0) is 22.8. The number of likely N-dealkylation sites (tertiary alicyclic amines) is 1. The lowest BCUT2D eigenvalue weighted by atomic mass is 9.91. The number of aromatic nitrogens is 2. The van der Waals surface area contributed by atoms with Gasteiger partial charge in [0.2, 0.25) is 5.91 Å². The second-order valence-corrected chi connectivity index (χ2v) is 9.35. The summed E-state index contributed by atoms with van der Waals surface area (Å²) in [7, 11) is 7.47. The van der Waals surface area contributed by atoms with E-state index in [1.807, 2.05) is 23.2 Å². The molecule has 1 aromatic carbocycles. The minimum absolute atomic E-state index is 0.0766. The third kappa shape index (κ3) is 4.35. The monoisotopic (exact) mass is 440 g/mol. The van der Waals surface area contributed by atoms with Crippen LogP contribution in [0.5, 0.6) is 11.5 Å². The van der Waals surface area contributed by atoms with E-state index in [1.54, 1.807) is 14.2 Å². The van der Waals surface area contributed by atoms with Gasteiger partial charge < -0.3 is 23.8 Å². The van der Waals surface area contributed by atoms with Crippen molar-refractivity contribution in [1.82, 2.24) is 19.4 Å². The highest BCUT2D eigenvalue weighted by Gasteiger charge is 2.32. The maximum Gasteiger partial charge on any atom is 0.223 e. The maximum absolute atomic E-state index is 13.4. The summed E-state index contributed by atoms with van der Waals surface area (Å²) in [5, 5.41) is 0. The Kier molecular flexibility index (Phi) is 6.74. The molecule has 2 aromatic rings. The topological polar surface area (TPSA) is 59.8 Å². The molecule has 3 unspecified atom stereocenters. The highest BCUT2D eigenvalue weighted by Crippen LogP contribution is 2.38. The lowest BCUT2D eigenvalue weighted by Gasteiger charge is -2.27. The van der Waals surface area contributed by atoms with Gasteiger partial charge in [-0.15, -0.1) is 0 Å². The van der Waals surface area contributed by atoms with Gasteiger partial charge in [-0.1, -0.05) is 13.0 Å². The molecule has 1 fully saturated rings. The molecule has 3 heterocycles. The molecule has 4 rings (SSSR count). The van der Waals surface area contributed by atoms with Crippen molar-refractivity contribution in [2.45, 2.75) is 57.0 Å². The molecule has 0 radical (unpaired) electrons. The molecule has 0 N–H and O–H groups in total. The Morgan fingerprint density at radius 2 is 1.97 bits per heavy atom. The molecule has 0 saturated carbocycles. The third-order valence-electron chi connectivity index (χ3n) is 7.17. The number of hydrogen-bond donors (Lipinski definition) is 0. The lowest BCUT2D eigenvalue weighted by Crippen LogP contribution is -2.35. The van der Waals surface area contributed by atoms with E-state index in [9.17, 15) is 4.79 Å². The van der Waals surface area contributed by atoms with E-state index in [1.165, 1.54) is 0 Å². The average Bonchev–Trinajstić information content (AvgIpc) is 3.45. The van der Waals surface area contributed by atoms with Gasteiger partial charge in [0, 0.05) is 55.8 Å². The Hall–Kier alpha value is -2.54. The van der Waals surface area contributed by atoms with Crippen molar-refractivity contribution in [1.29, 1.82) is 0 Å². The summed E-state index contributed by atoms with van der Waals surface area (Å²) in [6.45, 7) is 4.82. The van der Waals surface area contributed by atoms with Gasteiger partial charge in [-0.2, -0.15) is 0 Å². The van der Waals surface area contributed by atoms with E-state index in [0.717, 1.165) is 56.0 Å². The van der Waals surface area contributed by atoms with Crippen molar-refractivity contribution in [3.8, 4) is 11.5 Å². The minimum atomic E-state index is -0.0766. The van der Waals surface area contributed by atoms with Crippen LogP contribution in [0.3, 0.4) is 0 Å². The van der Waals surface area contributed by atoms with Crippen LogP contribution in [-0.4, -0.2) is 72.7 Å². The standard InChI is InChI=1S/C25H36N4O3/c1-17-7-6-11-29-21(15-26-25(17)29)20(18-8-9-22(31-4)23(13-18)32-5)14-24(30)28-12-10-19(16-28)27(2)3/h8-9,13,15,17,19-20H,6-7,10-12,14,16H2,1-5H3. The van der Waals surface area contributed by atoms with Crippen molar-refractivity contribution >= 4 is 5.91 Å². The van der Waals surface area contributed by atoms with E-state index < -0.39 is 0 Å². The van der Waals surface area contributed by atoms with Crippen LogP contribution in [0.2, 0.25) is 0 Å². The van der Waals surface area contributed by atoms with Gasteiger partial charge in [-0.25, -0.2) is 4.98 Å². The normalized spacial score (nSPS) is 21.5. The predicted octanol–water partition coefficient (Wildman–Crippen LogP) is 3.48. The van der Waals surface area contributed by atoms with E-state index >= 15 is 0 Å². The van der Waals surface area contributed by atoms with Crippen LogP contribution in [0.25, 0.3) is 0 Å². The number of imidazole rings is 1. The molecule has 174 valence electrons. The summed E-state index contributed by atoms with van der Waals surface area (Å²) in [5.41, 5.74) is 2.18. The number of fused-ring (bicyclic) bond motifs is 1. The third-order valence-corrected chi connectivity index (χ3v) is 7.17. The first-order valence-electron chi connectivity index (χ1n) is 11.6. The second kappa shape index (κ2) is 9.53. The Balaban J connectivity index is 1.67. The zero-order valence-corrected chi connectivity index (χ0v) is 20.0. The van der Waals surface area contributed by atoms with Crippen LogP contribution in [0.4, 0.5) is 0 Å². The molecule has 0 bridgehead atoms. The van der Waals surface area contributed by atoms with E-state index in [2.05, 4.69) is 36.6 Å². The molecule has 32 heavy (non-hydrogen) atoms. The van der Waals surface area contributed by atoms with Crippen LogP contribution < -0.4 is 9.47 Å². The summed E-state index contributed by atoms with van der Waals surface area (Å²) in [4.78, 5) is 22.4. The number of carbonyl (C=O) groups is 1. The quantitative estimate of drug-likeness (QED) is 0.660. The number of methoxy groups -OCH3 is 2. The molecule has 1 aromatic heterocycles. The molecule has 2 aliphatic rings. The Morgan fingerprint density at radius 3 is 2.66 bits per heavy atom. The molecule has 0 aliphatic carbocycles. The smallest absolute Gasteiger partial charge is 0.223 e. The molecule has 3 atom stereocenters. The maximum atomic E-state index is 13.4. The molecular formula is C25H36N4O3. The Morgan fingerprint density at radius 1 is 1.19 bits per heavy atom. The average molecular weight is 441 g/mol. The van der Waals surface area contributed by atoms with Gasteiger partial charge in [0.05, 0.1) is 14.2 Å². The van der Waals surface area contributed by atoms with Gasteiger partial charge >= 0.3 is 0 Å². The first-order valence-corrected chi connectivity index (χ1v) is 11.6. The molecule has 1 amide bonds. The fourth-order valence-corrected chi connectivity index (χ4v) is 5.16. The van der Waals surface area contributed by atoms with Crippen LogP contribution in [0, 0.1) is 0 Å². The summed E-state index contributed by atoms with van der Waals surface area (Å²) in [6, 6.07) is 6.43. The Bertz CT molecular complexity index is 955. The molecular weight excluding hydrogens is 404 g/mol. The molecule has 7 nitrogen and oxygen atoms in total. The SMILES string of the molecule is COc1ccc(C(CC(=O)N2CCC(N(C)C)C2)c2cnc3n2CCCC3C)cc1OC. The summed E-state index contributed by atoms with van der Waals surface area (Å²) in [5.74, 6) is 3.08. The number of carbonyl (C=O) groups excluding carboxylic acids is 1. The minimum Gasteiger partial charge on any atom is -0.493 e. The first kappa shape index (κ1) is 22.6. The summed E-state index contributed by atoms with van der Waals surface area (Å²) < 4.78 is 13.4. The van der Waals surface area contributed by atoms with Crippen molar-refractivity contribution < 1.29 is 14.3 Å². The van der Waals surface area contributed by atoms with Gasteiger partial charge in [-0.3, -0.25) is 4.79 Å². The number of ether oxygens (including phenoxy) is 2. The summed E-state index contributed by atoms with van der Waals surface area (Å²) in [6.07, 6.45) is 5.74. The molecule has 7 heteroatoms. The highest BCUT2D eigenvalue weighted by molar-refractivity contribution is 5.78. The summed E-state index contributed by atoms with van der Waals surface area (Å²) >= 11 is 0. The zero-order valence-electron chi connectivity index (χ0n) is 20.0. The van der Waals surface area contributed by atoms with Crippen molar-refractivity contribution in [2.24, 2.45) is 0 Å². The van der Waals surface area contributed by atoms with Crippen LogP contribution in [0.1, 0.15) is 61.5 Å². The van der Waals surface area contributed by atoms with E-state index in [-0.39, 0.29) is 11.8 Å². The van der Waals surface area contributed by atoms with Crippen LogP contribution in [0.15, 0.2) is 24.4 Å². The molecule has 2 aliphatic heterocycles. The van der Waals surface area contributed by atoms with Crippen LogP contribution >= 0.6 is 0 Å². The number of nitrogens with zero attached hydrogens (tertiary/aromatic N) is 4. The van der Waals surface area contributed by atoms with Crippen molar-refractivity contribution in [3.05, 3.63) is 41.5 Å². The molecule has 1 saturated heterocycles. The number of likely N-dealkylation sites (N-methyl/N-ethyl adjacent to an activating group) is 1. The fraction of sp³-hybridized carbons (Fsp3) is 0.600. The number of amides is 1. The predicted molar refractivity (Wildman–Crippen MR) is 125 cm³/mol. The van der Waals surface area contributed by atoms with E-state index in [0.29, 0.717) is 29.9 Å². The Labute approximate surface area is 191 Å². The van der Waals surface area contributed by atoms with E-state index in [4.69, 9.17) is 14.5 Å². The lowest BCUT2D eigenvalue weighted by molar-refractivity contribution is -0.130. The largest absolute Gasteiger partial charge is 0.493 e. The fourth-order valence-electron chi connectivity index (χ4n) is 5.16.